The minimum Gasteiger partial charge on any atom is -0.481 e. The molecule has 0 aliphatic rings. The molecule has 0 heterocycles. The summed E-state index contributed by atoms with van der Waals surface area (Å²) in [6.07, 6.45) is 11.5. The topological polar surface area (TPSA) is 101 Å². The molecular formula is C14H30O6S. The van der Waals surface area contributed by atoms with Gasteiger partial charge >= 0.3 is 16.4 Å². The SMILES string of the molecule is CCCCCCCCCCCC(=O)O.CCOS(=O)(=O)O. The average molecular weight is 326 g/mol. The Labute approximate surface area is 128 Å². The van der Waals surface area contributed by atoms with Crippen LogP contribution in [0.3, 0.4) is 0 Å². The van der Waals surface area contributed by atoms with Gasteiger partial charge in [0.15, 0.2) is 0 Å². The molecule has 21 heavy (non-hydrogen) atoms. The molecule has 0 amide bonds. The van der Waals surface area contributed by atoms with E-state index in [1.165, 1.54) is 51.9 Å². The van der Waals surface area contributed by atoms with Gasteiger partial charge in [-0.25, -0.2) is 4.18 Å². The maximum absolute atomic E-state index is 10.2. The Balaban J connectivity index is 0. The van der Waals surface area contributed by atoms with E-state index in [9.17, 15) is 13.2 Å². The zero-order chi connectivity index (χ0) is 16.6. The molecule has 0 rings (SSSR count). The molecule has 2 N–H and O–H groups in total. The summed E-state index contributed by atoms with van der Waals surface area (Å²) in [5.74, 6) is -0.659. The fourth-order valence-electron chi connectivity index (χ4n) is 1.74. The summed E-state index contributed by atoms with van der Waals surface area (Å²) in [6.45, 7) is 3.67. The van der Waals surface area contributed by atoms with Gasteiger partial charge in [-0.3, -0.25) is 9.35 Å². The van der Waals surface area contributed by atoms with Crippen molar-refractivity contribution in [1.82, 2.24) is 0 Å². The van der Waals surface area contributed by atoms with Crippen LogP contribution >= 0.6 is 0 Å². The number of hydrogen-bond donors (Lipinski definition) is 2. The molecule has 0 saturated carbocycles. The van der Waals surface area contributed by atoms with Crippen LogP contribution in [0.15, 0.2) is 0 Å². The van der Waals surface area contributed by atoms with Gasteiger partial charge in [0.2, 0.25) is 0 Å². The zero-order valence-corrected chi connectivity index (χ0v) is 14.0. The molecule has 0 saturated heterocycles. The second kappa shape index (κ2) is 15.7. The van der Waals surface area contributed by atoms with Crippen LogP contribution in [0.4, 0.5) is 0 Å². The normalized spacial score (nSPS) is 10.8. The highest BCUT2D eigenvalue weighted by molar-refractivity contribution is 7.80. The minimum absolute atomic E-state index is 0.0289. The Hall–Kier alpha value is -0.660. The van der Waals surface area contributed by atoms with Crippen molar-refractivity contribution in [3.05, 3.63) is 0 Å². The second-order valence-corrected chi connectivity index (χ2v) is 5.90. The summed E-state index contributed by atoms with van der Waals surface area (Å²) in [5, 5.41) is 8.41. The lowest BCUT2D eigenvalue weighted by Gasteiger charge is -2.00. The Morgan fingerprint density at radius 2 is 1.33 bits per heavy atom. The molecule has 6 nitrogen and oxygen atoms in total. The maximum atomic E-state index is 10.2. The van der Waals surface area contributed by atoms with E-state index in [-0.39, 0.29) is 6.61 Å². The molecule has 0 spiro atoms. The number of carboxylic acids is 1. The average Bonchev–Trinajstić information content (AvgIpc) is 2.36. The molecule has 0 atom stereocenters. The third-order valence-electron chi connectivity index (χ3n) is 2.76. The highest BCUT2D eigenvalue weighted by atomic mass is 32.3. The maximum Gasteiger partial charge on any atom is 0.397 e. The Kier molecular flexibility index (Phi) is 16.9. The number of carbonyl (C=O) groups is 1. The van der Waals surface area contributed by atoms with E-state index in [1.807, 2.05) is 0 Å². The Bertz CT molecular complexity index is 326. The first-order valence-electron chi connectivity index (χ1n) is 7.67. The summed E-state index contributed by atoms with van der Waals surface area (Å²) < 4.78 is 30.7. The number of carboxylic acid groups (broad SMARTS) is 1. The van der Waals surface area contributed by atoms with Gasteiger partial charge in [0.1, 0.15) is 0 Å². The van der Waals surface area contributed by atoms with Crippen molar-refractivity contribution in [3.8, 4) is 0 Å². The van der Waals surface area contributed by atoms with Crippen molar-refractivity contribution >= 4 is 16.4 Å². The van der Waals surface area contributed by atoms with Gasteiger partial charge < -0.3 is 5.11 Å². The van der Waals surface area contributed by atoms with Crippen molar-refractivity contribution in [2.45, 2.75) is 78.1 Å². The van der Waals surface area contributed by atoms with Gasteiger partial charge in [0.25, 0.3) is 0 Å². The van der Waals surface area contributed by atoms with Crippen LogP contribution in [0.25, 0.3) is 0 Å². The van der Waals surface area contributed by atoms with E-state index < -0.39 is 16.4 Å². The predicted molar refractivity (Wildman–Crippen MR) is 82.7 cm³/mol. The summed E-state index contributed by atoms with van der Waals surface area (Å²) >= 11 is 0. The standard InChI is InChI=1S/C12H24O2.C2H6O4S/c1-2-3-4-5-6-7-8-9-10-11-12(13)14;1-2-6-7(3,4)5/h2-11H2,1H3,(H,13,14);2H2,1H3,(H,3,4,5). The second-order valence-electron chi connectivity index (χ2n) is 4.81. The molecule has 128 valence electrons. The fourth-order valence-corrected chi connectivity index (χ4v) is 2.03. The first-order chi connectivity index (χ1) is 9.83. The first-order valence-corrected chi connectivity index (χ1v) is 9.03. The Morgan fingerprint density at radius 3 is 1.62 bits per heavy atom. The van der Waals surface area contributed by atoms with Crippen LogP contribution in [0.2, 0.25) is 0 Å². The molecule has 0 fully saturated rings. The van der Waals surface area contributed by atoms with E-state index in [0.29, 0.717) is 6.42 Å². The lowest BCUT2D eigenvalue weighted by molar-refractivity contribution is -0.137. The quantitative estimate of drug-likeness (QED) is 0.417. The van der Waals surface area contributed by atoms with Crippen LogP contribution in [0, 0.1) is 0 Å². The number of unbranched alkanes of at least 4 members (excludes halogenated alkanes) is 8. The lowest BCUT2D eigenvalue weighted by atomic mass is 10.1. The van der Waals surface area contributed by atoms with Crippen LogP contribution < -0.4 is 0 Å². The molecule has 0 aromatic rings. The highest BCUT2D eigenvalue weighted by Crippen LogP contribution is 2.10. The van der Waals surface area contributed by atoms with Crippen molar-refractivity contribution in [2.24, 2.45) is 0 Å². The first kappa shape index (κ1) is 22.6. The molecule has 0 bridgehead atoms. The van der Waals surface area contributed by atoms with Gasteiger partial charge in [-0.15, -0.1) is 0 Å². The predicted octanol–water partition coefficient (Wildman–Crippen LogP) is 3.82. The van der Waals surface area contributed by atoms with Gasteiger partial charge in [0.05, 0.1) is 6.61 Å². The van der Waals surface area contributed by atoms with Crippen LogP contribution in [-0.2, 0) is 19.4 Å². The van der Waals surface area contributed by atoms with E-state index >= 15 is 0 Å². The molecule has 0 aliphatic heterocycles. The van der Waals surface area contributed by atoms with Crippen molar-refractivity contribution in [2.75, 3.05) is 6.61 Å². The van der Waals surface area contributed by atoms with Crippen LogP contribution in [0.1, 0.15) is 78.1 Å². The van der Waals surface area contributed by atoms with Gasteiger partial charge in [0, 0.05) is 6.42 Å². The van der Waals surface area contributed by atoms with E-state index in [4.69, 9.17) is 9.66 Å². The Morgan fingerprint density at radius 1 is 0.905 bits per heavy atom. The molecular weight excluding hydrogens is 296 g/mol. The molecule has 0 aliphatic carbocycles. The van der Waals surface area contributed by atoms with Gasteiger partial charge in [-0.05, 0) is 13.3 Å². The van der Waals surface area contributed by atoms with Gasteiger partial charge in [-0.2, -0.15) is 8.42 Å². The summed E-state index contributed by atoms with van der Waals surface area (Å²) in [5.41, 5.74) is 0. The van der Waals surface area contributed by atoms with E-state index in [0.717, 1.165) is 12.8 Å². The fraction of sp³-hybridized carbons (Fsp3) is 0.929. The smallest absolute Gasteiger partial charge is 0.397 e. The highest BCUT2D eigenvalue weighted by Gasteiger charge is 1.98. The van der Waals surface area contributed by atoms with Crippen LogP contribution in [0.5, 0.6) is 0 Å². The molecule has 0 radical (unpaired) electrons. The molecule has 7 heteroatoms. The number of aliphatic carboxylic acids is 1. The van der Waals surface area contributed by atoms with Crippen molar-refractivity contribution in [1.29, 1.82) is 0 Å². The van der Waals surface area contributed by atoms with Gasteiger partial charge in [-0.1, -0.05) is 58.3 Å². The van der Waals surface area contributed by atoms with E-state index in [1.54, 1.807) is 0 Å². The van der Waals surface area contributed by atoms with Crippen molar-refractivity contribution in [3.63, 3.8) is 0 Å². The third kappa shape index (κ3) is 28.3. The zero-order valence-electron chi connectivity index (χ0n) is 13.2. The third-order valence-corrected chi connectivity index (χ3v) is 3.29. The van der Waals surface area contributed by atoms with Crippen LogP contribution in [-0.4, -0.2) is 30.7 Å². The summed E-state index contributed by atoms with van der Waals surface area (Å²) in [6, 6.07) is 0. The van der Waals surface area contributed by atoms with Crippen molar-refractivity contribution < 1.29 is 27.1 Å². The summed E-state index contributed by atoms with van der Waals surface area (Å²) in [7, 11) is -4.17. The molecule has 0 aromatic carbocycles. The number of hydrogen-bond acceptors (Lipinski definition) is 4. The molecule has 0 aromatic heterocycles. The van der Waals surface area contributed by atoms with E-state index in [2.05, 4.69) is 11.1 Å². The summed E-state index contributed by atoms with van der Waals surface area (Å²) in [4.78, 5) is 10.2. The largest absolute Gasteiger partial charge is 0.481 e. The monoisotopic (exact) mass is 326 g/mol. The number of rotatable bonds is 12. The lowest BCUT2D eigenvalue weighted by Crippen LogP contribution is -2.01. The molecule has 0 unspecified atom stereocenters. The minimum atomic E-state index is -4.17.